The van der Waals surface area contributed by atoms with E-state index in [0.717, 1.165) is 22.0 Å². The van der Waals surface area contributed by atoms with Crippen LogP contribution in [0.2, 0.25) is 0 Å². The van der Waals surface area contributed by atoms with Crippen molar-refractivity contribution < 1.29 is 8.42 Å². The molecule has 0 fully saturated rings. The third-order valence-electron chi connectivity index (χ3n) is 2.74. The van der Waals surface area contributed by atoms with Gasteiger partial charge in [-0.05, 0) is 26.0 Å². The number of hydrogen-bond donors (Lipinski definition) is 1. The summed E-state index contributed by atoms with van der Waals surface area (Å²) in [6.07, 6.45) is 1.25. The van der Waals surface area contributed by atoms with Gasteiger partial charge in [-0.1, -0.05) is 12.1 Å². The lowest BCUT2D eigenvalue weighted by Crippen LogP contribution is -2.24. The van der Waals surface area contributed by atoms with E-state index in [1.54, 1.807) is 11.3 Å². The summed E-state index contributed by atoms with van der Waals surface area (Å²) >= 11 is 1.62. The van der Waals surface area contributed by atoms with Gasteiger partial charge in [0.15, 0.2) is 0 Å². The Labute approximate surface area is 123 Å². The van der Waals surface area contributed by atoms with Gasteiger partial charge in [-0.15, -0.1) is 11.3 Å². The second-order valence-electron chi connectivity index (χ2n) is 4.97. The van der Waals surface area contributed by atoms with Gasteiger partial charge in [-0.2, -0.15) is 0 Å². The SMILES string of the molecule is Cc1nc(-c2cccc(NC(C)CS(C)(=O)=O)c2)cs1. The molecule has 1 unspecified atom stereocenters. The number of benzene rings is 1. The minimum Gasteiger partial charge on any atom is -0.382 e. The molecule has 1 aromatic carbocycles. The van der Waals surface area contributed by atoms with Crippen molar-refractivity contribution in [1.29, 1.82) is 0 Å². The highest BCUT2D eigenvalue weighted by Gasteiger charge is 2.11. The van der Waals surface area contributed by atoms with Crippen LogP contribution in [0.25, 0.3) is 11.3 Å². The second kappa shape index (κ2) is 5.93. The molecule has 6 heteroatoms. The Balaban J connectivity index is 2.14. The maximum atomic E-state index is 11.3. The highest BCUT2D eigenvalue weighted by molar-refractivity contribution is 7.90. The number of aromatic nitrogens is 1. The monoisotopic (exact) mass is 310 g/mol. The average molecular weight is 310 g/mol. The fraction of sp³-hybridized carbons (Fsp3) is 0.357. The first kappa shape index (κ1) is 15.0. The zero-order valence-corrected chi connectivity index (χ0v) is 13.4. The topological polar surface area (TPSA) is 59.1 Å². The van der Waals surface area contributed by atoms with Gasteiger partial charge in [-0.25, -0.2) is 13.4 Å². The Morgan fingerprint density at radius 2 is 2.15 bits per heavy atom. The molecule has 0 bridgehead atoms. The Bertz CT molecular complexity index is 693. The predicted molar refractivity (Wildman–Crippen MR) is 85.1 cm³/mol. The van der Waals surface area contributed by atoms with E-state index in [1.807, 2.05) is 43.5 Å². The van der Waals surface area contributed by atoms with Crippen LogP contribution in [0.15, 0.2) is 29.6 Å². The first-order valence-electron chi connectivity index (χ1n) is 6.30. The van der Waals surface area contributed by atoms with Gasteiger partial charge in [0.05, 0.1) is 16.5 Å². The van der Waals surface area contributed by atoms with Crippen molar-refractivity contribution in [3.63, 3.8) is 0 Å². The van der Waals surface area contributed by atoms with Crippen LogP contribution in [0.1, 0.15) is 11.9 Å². The van der Waals surface area contributed by atoms with Gasteiger partial charge in [0.1, 0.15) is 9.84 Å². The highest BCUT2D eigenvalue weighted by Crippen LogP contribution is 2.24. The third kappa shape index (κ3) is 4.31. The quantitative estimate of drug-likeness (QED) is 0.922. The van der Waals surface area contributed by atoms with Gasteiger partial charge in [0, 0.05) is 28.9 Å². The summed E-state index contributed by atoms with van der Waals surface area (Å²) in [5, 5.41) is 6.27. The van der Waals surface area contributed by atoms with E-state index in [1.165, 1.54) is 6.26 Å². The molecule has 2 rings (SSSR count). The average Bonchev–Trinajstić information content (AvgIpc) is 2.73. The molecule has 4 nitrogen and oxygen atoms in total. The predicted octanol–water partition coefficient (Wildman–Crippen LogP) is 2.96. The second-order valence-corrected chi connectivity index (χ2v) is 8.22. The maximum absolute atomic E-state index is 11.3. The van der Waals surface area contributed by atoms with Crippen LogP contribution in [0, 0.1) is 6.92 Å². The van der Waals surface area contributed by atoms with E-state index in [9.17, 15) is 8.42 Å². The normalized spacial score (nSPS) is 13.2. The van der Waals surface area contributed by atoms with Crippen LogP contribution in [0.3, 0.4) is 0 Å². The molecular formula is C14H18N2O2S2. The summed E-state index contributed by atoms with van der Waals surface area (Å²) < 4.78 is 22.5. The lowest BCUT2D eigenvalue weighted by molar-refractivity contribution is 0.598. The van der Waals surface area contributed by atoms with Crippen molar-refractivity contribution in [2.75, 3.05) is 17.3 Å². The van der Waals surface area contributed by atoms with Crippen molar-refractivity contribution in [3.8, 4) is 11.3 Å². The van der Waals surface area contributed by atoms with Gasteiger partial charge in [0.25, 0.3) is 0 Å². The van der Waals surface area contributed by atoms with Crippen LogP contribution in [0.5, 0.6) is 0 Å². The molecule has 0 aliphatic carbocycles. The number of sulfone groups is 1. The largest absolute Gasteiger partial charge is 0.382 e. The van der Waals surface area contributed by atoms with Crippen molar-refractivity contribution in [2.45, 2.75) is 19.9 Å². The molecule has 108 valence electrons. The van der Waals surface area contributed by atoms with Crippen molar-refractivity contribution in [3.05, 3.63) is 34.7 Å². The number of hydrogen-bond acceptors (Lipinski definition) is 5. The molecule has 0 aliphatic heterocycles. The maximum Gasteiger partial charge on any atom is 0.149 e. The minimum atomic E-state index is -2.98. The minimum absolute atomic E-state index is 0.118. The van der Waals surface area contributed by atoms with E-state index in [-0.39, 0.29) is 11.8 Å². The standard InChI is InChI=1S/C14H18N2O2S2/c1-10(9-20(3,17)18)15-13-6-4-5-12(7-13)14-8-19-11(2)16-14/h4-8,10,15H,9H2,1-3H3. The number of aryl methyl sites for hydroxylation is 1. The molecule has 20 heavy (non-hydrogen) atoms. The zero-order valence-electron chi connectivity index (χ0n) is 11.8. The summed E-state index contributed by atoms with van der Waals surface area (Å²) in [4.78, 5) is 4.46. The Morgan fingerprint density at radius 1 is 1.40 bits per heavy atom. The van der Waals surface area contributed by atoms with Crippen LogP contribution in [-0.4, -0.2) is 31.5 Å². The van der Waals surface area contributed by atoms with E-state index >= 15 is 0 Å². The van der Waals surface area contributed by atoms with Gasteiger partial charge < -0.3 is 5.32 Å². The molecule has 1 aromatic heterocycles. The van der Waals surface area contributed by atoms with Crippen LogP contribution >= 0.6 is 11.3 Å². The summed E-state index contributed by atoms with van der Waals surface area (Å²) in [5.41, 5.74) is 2.89. The lowest BCUT2D eigenvalue weighted by Gasteiger charge is -2.14. The van der Waals surface area contributed by atoms with E-state index < -0.39 is 9.84 Å². The van der Waals surface area contributed by atoms with Crippen molar-refractivity contribution >= 4 is 26.9 Å². The fourth-order valence-electron chi connectivity index (χ4n) is 2.04. The number of rotatable bonds is 5. The molecule has 1 atom stereocenters. The third-order valence-corrected chi connectivity index (χ3v) is 4.62. The lowest BCUT2D eigenvalue weighted by atomic mass is 10.1. The molecule has 2 aromatic rings. The van der Waals surface area contributed by atoms with Gasteiger partial charge in [-0.3, -0.25) is 0 Å². The van der Waals surface area contributed by atoms with Crippen molar-refractivity contribution in [2.24, 2.45) is 0 Å². The number of thiazole rings is 1. The summed E-state index contributed by atoms with van der Waals surface area (Å²) in [5.74, 6) is 0.118. The van der Waals surface area contributed by atoms with Crippen LogP contribution < -0.4 is 5.32 Å². The van der Waals surface area contributed by atoms with Crippen LogP contribution in [-0.2, 0) is 9.84 Å². The zero-order chi connectivity index (χ0) is 14.8. The molecule has 0 spiro atoms. The van der Waals surface area contributed by atoms with E-state index in [4.69, 9.17) is 0 Å². The van der Waals surface area contributed by atoms with Crippen LogP contribution in [0.4, 0.5) is 5.69 Å². The first-order chi connectivity index (χ1) is 9.33. The molecular weight excluding hydrogens is 292 g/mol. The summed E-state index contributed by atoms with van der Waals surface area (Å²) in [7, 11) is -2.98. The molecule has 0 amide bonds. The Kier molecular flexibility index (Phi) is 4.45. The molecule has 0 radical (unpaired) electrons. The molecule has 0 saturated heterocycles. The van der Waals surface area contributed by atoms with Crippen molar-refractivity contribution in [1.82, 2.24) is 4.98 Å². The number of anilines is 1. The fourth-order valence-corrected chi connectivity index (χ4v) is 3.66. The van der Waals surface area contributed by atoms with E-state index in [2.05, 4.69) is 10.3 Å². The van der Waals surface area contributed by atoms with Gasteiger partial charge in [0.2, 0.25) is 0 Å². The summed E-state index contributed by atoms with van der Waals surface area (Å²) in [6, 6.07) is 7.74. The Hall–Kier alpha value is -1.40. The Morgan fingerprint density at radius 3 is 2.75 bits per heavy atom. The molecule has 0 aliphatic rings. The smallest absolute Gasteiger partial charge is 0.149 e. The van der Waals surface area contributed by atoms with E-state index in [0.29, 0.717) is 0 Å². The summed E-state index contributed by atoms with van der Waals surface area (Å²) in [6.45, 7) is 3.84. The number of nitrogens with one attached hydrogen (secondary N) is 1. The molecule has 1 N–H and O–H groups in total. The molecule has 0 saturated carbocycles. The highest BCUT2D eigenvalue weighted by atomic mass is 32.2. The first-order valence-corrected chi connectivity index (χ1v) is 9.24. The van der Waals surface area contributed by atoms with Gasteiger partial charge >= 0.3 is 0 Å². The molecule has 1 heterocycles. The number of nitrogens with zero attached hydrogens (tertiary/aromatic N) is 1.